The SMILES string of the molecule is Cc1cccc(C)c1-n1ccc2cnc3c4cnc(C(C)(C)C)nc4ccc3c21.[Ir]. The van der Waals surface area contributed by atoms with E-state index in [4.69, 9.17) is 9.97 Å². The Bertz CT molecular complexity index is 1390. The van der Waals surface area contributed by atoms with E-state index in [1.165, 1.54) is 22.3 Å². The second-order valence-electron chi connectivity index (χ2n) is 8.83. The molecule has 4 nitrogen and oxygen atoms in total. The van der Waals surface area contributed by atoms with E-state index in [-0.39, 0.29) is 25.5 Å². The molecule has 3 heterocycles. The van der Waals surface area contributed by atoms with E-state index >= 15 is 0 Å². The number of nitrogens with zero attached hydrogens (tertiary/aromatic N) is 4. The van der Waals surface area contributed by atoms with Gasteiger partial charge in [-0.15, -0.1) is 0 Å². The maximum Gasteiger partial charge on any atom is 0.134 e. The molecule has 0 saturated heterocycles. The second-order valence-corrected chi connectivity index (χ2v) is 8.83. The van der Waals surface area contributed by atoms with Crippen LogP contribution in [0, 0.1) is 13.8 Å². The Morgan fingerprint density at radius 3 is 2.27 bits per heavy atom. The van der Waals surface area contributed by atoms with Crippen LogP contribution < -0.4 is 0 Å². The Kier molecular flexibility index (Phi) is 5.00. The topological polar surface area (TPSA) is 43.6 Å². The van der Waals surface area contributed by atoms with Gasteiger partial charge < -0.3 is 4.57 Å². The molecule has 0 atom stereocenters. The van der Waals surface area contributed by atoms with Crippen LogP contribution in [0.1, 0.15) is 37.7 Å². The maximum atomic E-state index is 4.82. The van der Waals surface area contributed by atoms with Gasteiger partial charge in [0.1, 0.15) is 5.82 Å². The van der Waals surface area contributed by atoms with Crippen molar-refractivity contribution in [2.24, 2.45) is 0 Å². The molecule has 0 aliphatic rings. The summed E-state index contributed by atoms with van der Waals surface area (Å²) < 4.78 is 2.29. The summed E-state index contributed by atoms with van der Waals surface area (Å²) in [6, 6.07) is 12.8. The third-order valence-corrected chi connectivity index (χ3v) is 5.59. The molecule has 5 aromatic rings. The molecule has 0 aliphatic carbocycles. The van der Waals surface area contributed by atoms with Crippen molar-refractivity contribution in [3.05, 3.63) is 71.9 Å². The first-order valence-electron chi connectivity index (χ1n) is 9.97. The number of hydrogen-bond acceptors (Lipinski definition) is 3. The molecule has 5 rings (SSSR count). The molecule has 30 heavy (non-hydrogen) atoms. The summed E-state index contributed by atoms with van der Waals surface area (Å²) in [5.41, 5.74) is 6.72. The zero-order valence-electron chi connectivity index (χ0n) is 17.8. The fourth-order valence-corrected chi connectivity index (χ4v) is 4.13. The Morgan fingerprint density at radius 2 is 1.57 bits per heavy atom. The largest absolute Gasteiger partial charge is 0.315 e. The standard InChI is InChI=1S/C25H24N4.Ir/c1-15-7-6-8-16(2)22(15)29-12-11-17-13-26-21-18(23(17)29)9-10-20-19(21)14-27-24(28-20)25(3,4)5;/h6-14H,1-5H3;. The molecule has 0 amide bonds. The van der Waals surface area contributed by atoms with Crippen LogP contribution in [0.2, 0.25) is 0 Å². The van der Waals surface area contributed by atoms with E-state index < -0.39 is 0 Å². The molecule has 5 heteroatoms. The van der Waals surface area contributed by atoms with Gasteiger partial charge in [-0.2, -0.15) is 0 Å². The number of aryl methyl sites for hydroxylation is 2. The Balaban J connectivity index is 0.00000218. The summed E-state index contributed by atoms with van der Waals surface area (Å²) in [5, 5.41) is 3.24. The van der Waals surface area contributed by atoms with Crippen molar-refractivity contribution in [2.75, 3.05) is 0 Å². The van der Waals surface area contributed by atoms with Crippen molar-refractivity contribution < 1.29 is 20.1 Å². The summed E-state index contributed by atoms with van der Waals surface area (Å²) in [7, 11) is 0. The predicted octanol–water partition coefficient (Wildman–Crippen LogP) is 6.03. The molecule has 0 spiro atoms. The molecular formula is C25H24IrN4. The minimum absolute atomic E-state index is 0. The predicted molar refractivity (Wildman–Crippen MR) is 120 cm³/mol. The van der Waals surface area contributed by atoms with Crippen LogP contribution in [0.4, 0.5) is 0 Å². The number of fused-ring (bicyclic) bond motifs is 5. The second kappa shape index (κ2) is 7.26. The van der Waals surface area contributed by atoms with E-state index in [1.807, 2.05) is 12.4 Å². The van der Waals surface area contributed by atoms with Crippen LogP contribution in [0.25, 0.3) is 38.4 Å². The molecule has 0 N–H and O–H groups in total. The minimum Gasteiger partial charge on any atom is -0.315 e. The van der Waals surface area contributed by atoms with Gasteiger partial charge in [0.05, 0.1) is 22.2 Å². The molecule has 0 aliphatic heterocycles. The quantitative estimate of drug-likeness (QED) is 0.230. The zero-order valence-corrected chi connectivity index (χ0v) is 20.2. The van der Waals surface area contributed by atoms with Crippen molar-refractivity contribution >= 4 is 32.7 Å². The molecule has 0 bridgehead atoms. The van der Waals surface area contributed by atoms with E-state index in [9.17, 15) is 0 Å². The summed E-state index contributed by atoms with van der Waals surface area (Å²) in [5.74, 6) is 0.851. The van der Waals surface area contributed by atoms with Crippen LogP contribution in [0.5, 0.6) is 0 Å². The molecule has 0 saturated carbocycles. The fourth-order valence-electron chi connectivity index (χ4n) is 4.13. The van der Waals surface area contributed by atoms with Crippen molar-refractivity contribution in [3.8, 4) is 5.69 Å². The normalized spacial score (nSPS) is 11.9. The maximum absolute atomic E-state index is 4.82. The first-order valence-corrected chi connectivity index (χ1v) is 9.97. The summed E-state index contributed by atoms with van der Waals surface area (Å²) in [6.07, 6.45) is 6.03. The van der Waals surface area contributed by atoms with Crippen LogP contribution in [0.15, 0.2) is 55.0 Å². The van der Waals surface area contributed by atoms with Gasteiger partial charge in [-0.05, 0) is 43.2 Å². The van der Waals surface area contributed by atoms with E-state index in [0.717, 1.165) is 33.0 Å². The first-order chi connectivity index (χ1) is 13.8. The van der Waals surface area contributed by atoms with Gasteiger partial charge in [0, 0.05) is 60.3 Å². The van der Waals surface area contributed by atoms with Crippen molar-refractivity contribution in [3.63, 3.8) is 0 Å². The van der Waals surface area contributed by atoms with Crippen molar-refractivity contribution in [1.82, 2.24) is 19.5 Å². The number of pyridine rings is 1. The number of para-hydroxylation sites is 1. The van der Waals surface area contributed by atoms with Crippen LogP contribution in [0.3, 0.4) is 0 Å². The van der Waals surface area contributed by atoms with E-state index in [1.54, 1.807) is 0 Å². The van der Waals surface area contributed by atoms with Gasteiger partial charge in [0.15, 0.2) is 0 Å². The smallest absolute Gasteiger partial charge is 0.134 e. The first kappa shape index (κ1) is 20.6. The number of rotatable bonds is 1. The number of hydrogen-bond donors (Lipinski definition) is 0. The third kappa shape index (κ3) is 3.13. The monoisotopic (exact) mass is 573 g/mol. The van der Waals surface area contributed by atoms with Gasteiger partial charge in [0.25, 0.3) is 0 Å². The third-order valence-electron chi connectivity index (χ3n) is 5.59. The summed E-state index contributed by atoms with van der Waals surface area (Å²) in [6.45, 7) is 10.7. The van der Waals surface area contributed by atoms with Gasteiger partial charge in [0.2, 0.25) is 0 Å². The molecule has 153 valence electrons. The van der Waals surface area contributed by atoms with Crippen LogP contribution in [-0.2, 0) is 25.5 Å². The average Bonchev–Trinajstić information content (AvgIpc) is 3.10. The van der Waals surface area contributed by atoms with Crippen LogP contribution in [-0.4, -0.2) is 19.5 Å². The van der Waals surface area contributed by atoms with Gasteiger partial charge in [-0.3, -0.25) is 4.98 Å². The van der Waals surface area contributed by atoms with Gasteiger partial charge in [-0.1, -0.05) is 39.0 Å². The molecule has 2 aromatic carbocycles. The summed E-state index contributed by atoms with van der Waals surface area (Å²) >= 11 is 0. The van der Waals surface area contributed by atoms with Crippen LogP contribution >= 0.6 is 0 Å². The average molecular weight is 573 g/mol. The van der Waals surface area contributed by atoms with E-state index in [2.05, 4.69) is 86.8 Å². The Hall–Kier alpha value is -2.62. The van der Waals surface area contributed by atoms with Crippen molar-refractivity contribution in [2.45, 2.75) is 40.0 Å². The fraction of sp³-hybridized carbons (Fsp3) is 0.240. The molecular weight excluding hydrogens is 549 g/mol. The molecule has 0 unspecified atom stereocenters. The Morgan fingerprint density at radius 1 is 0.833 bits per heavy atom. The van der Waals surface area contributed by atoms with Gasteiger partial charge in [-0.25, -0.2) is 9.97 Å². The Labute approximate surface area is 189 Å². The van der Waals surface area contributed by atoms with Crippen molar-refractivity contribution in [1.29, 1.82) is 0 Å². The number of aromatic nitrogens is 4. The number of benzene rings is 2. The molecule has 0 fully saturated rings. The summed E-state index contributed by atoms with van der Waals surface area (Å²) in [4.78, 5) is 14.3. The van der Waals surface area contributed by atoms with Gasteiger partial charge >= 0.3 is 0 Å². The zero-order chi connectivity index (χ0) is 20.3. The van der Waals surface area contributed by atoms with E-state index in [0.29, 0.717) is 0 Å². The molecule has 3 aromatic heterocycles. The molecule has 1 radical (unpaired) electrons. The minimum atomic E-state index is -0.0857.